The minimum atomic E-state index is -0.633. The van der Waals surface area contributed by atoms with E-state index in [4.69, 9.17) is 0 Å². The molecule has 2 amide bonds. The van der Waals surface area contributed by atoms with E-state index in [-0.39, 0.29) is 44.5 Å². The fraction of sp³-hybridized carbons (Fsp3) is 0.667. The topological polar surface area (TPSA) is 37.4 Å². The first-order chi connectivity index (χ1) is 5.23. The van der Waals surface area contributed by atoms with Crippen molar-refractivity contribution in [3.63, 3.8) is 0 Å². The van der Waals surface area contributed by atoms with Gasteiger partial charge in [0.25, 0.3) is 0 Å². The SMILES string of the molecule is [CH2-]N1C(=O)C(C)(C)C(C)(C)C1=O.[Y]. The Labute approximate surface area is 104 Å². The van der Waals surface area contributed by atoms with Gasteiger partial charge < -0.3 is 4.90 Å². The molecule has 1 rings (SSSR count). The Morgan fingerprint density at radius 1 is 1.00 bits per heavy atom. The molecule has 1 heterocycles. The van der Waals surface area contributed by atoms with Crippen molar-refractivity contribution >= 4 is 11.8 Å². The number of imide groups is 1. The van der Waals surface area contributed by atoms with Crippen LogP contribution in [0, 0.1) is 17.9 Å². The van der Waals surface area contributed by atoms with Crippen LogP contribution >= 0.6 is 0 Å². The molecule has 0 atom stereocenters. The van der Waals surface area contributed by atoms with Crippen LogP contribution in [0.15, 0.2) is 0 Å². The standard InChI is InChI=1S/C9H14NO2.Y/c1-8(2)6(11)10(5)7(12)9(8,3)4;/h5H2,1-4H3;/q-1;. The van der Waals surface area contributed by atoms with Gasteiger partial charge in [-0.3, -0.25) is 9.59 Å². The van der Waals surface area contributed by atoms with Crippen LogP contribution in [-0.2, 0) is 42.3 Å². The van der Waals surface area contributed by atoms with Gasteiger partial charge in [-0.2, -0.15) is 0 Å². The molecule has 0 aliphatic carbocycles. The van der Waals surface area contributed by atoms with E-state index in [1.807, 2.05) is 0 Å². The van der Waals surface area contributed by atoms with Crippen molar-refractivity contribution in [2.75, 3.05) is 0 Å². The van der Waals surface area contributed by atoms with Crippen molar-refractivity contribution in [2.45, 2.75) is 27.7 Å². The molecule has 0 saturated carbocycles. The second-order valence-corrected chi connectivity index (χ2v) is 4.29. The van der Waals surface area contributed by atoms with E-state index >= 15 is 0 Å². The van der Waals surface area contributed by atoms with Crippen LogP contribution in [0.25, 0.3) is 0 Å². The quantitative estimate of drug-likeness (QED) is 0.483. The molecule has 0 spiro atoms. The largest absolute Gasteiger partial charge is 0.437 e. The van der Waals surface area contributed by atoms with Crippen molar-refractivity contribution in [2.24, 2.45) is 10.8 Å². The summed E-state index contributed by atoms with van der Waals surface area (Å²) in [6.45, 7) is 7.10. The molecule has 1 aliphatic rings. The first-order valence-electron chi connectivity index (χ1n) is 3.92. The van der Waals surface area contributed by atoms with Crippen LogP contribution in [-0.4, -0.2) is 16.7 Å². The van der Waals surface area contributed by atoms with E-state index in [1.54, 1.807) is 27.7 Å². The summed E-state index contributed by atoms with van der Waals surface area (Å²) in [4.78, 5) is 24.0. The molecule has 13 heavy (non-hydrogen) atoms. The molecule has 0 unspecified atom stereocenters. The maximum Gasteiger partial charge on any atom is 0.206 e. The van der Waals surface area contributed by atoms with Gasteiger partial charge in [-0.15, -0.1) is 0 Å². The van der Waals surface area contributed by atoms with Gasteiger partial charge in [0.05, 0.1) is 10.8 Å². The van der Waals surface area contributed by atoms with Crippen LogP contribution in [0.1, 0.15) is 27.7 Å². The summed E-state index contributed by atoms with van der Waals surface area (Å²) in [6, 6.07) is 0. The van der Waals surface area contributed by atoms with Crippen LogP contribution < -0.4 is 0 Å². The Morgan fingerprint density at radius 2 is 1.23 bits per heavy atom. The molecule has 0 aromatic rings. The average molecular weight is 257 g/mol. The summed E-state index contributed by atoms with van der Waals surface area (Å²) < 4.78 is 0. The van der Waals surface area contributed by atoms with Crippen molar-refractivity contribution in [3.8, 4) is 0 Å². The third-order valence-corrected chi connectivity index (χ3v) is 3.12. The van der Waals surface area contributed by atoms with Crippen LogP contribution in [0.2, 0.25) is 0 Å². The zero-order valence-corrected chi connectivity index (χ0v) is 11.4. The third kappa shape index (κ3) is 1.50. The molecular formula is C9H14NO2Y-. The second kappa shape index (κ2) is 3.43. The van der Waals surface area contributed by atoms with Gasteiger partial charge in [0, 0.05) is 32.7 Å². The zero-order chi connectivity index (χ0) is 9.73. The molecule has 1 fully saturated rings. The second-order valence-electron chi connectivity index (χ2n) is 4.29. The number of carbonyl (C=O) groups is 2. The van der Waals surface area contributed by atoms with E-state index in [0.717, 1.165) is 4.90 Å². The first kappa shape index (κ1) is 13.2. The molecule has 0 bridgehead atoms. The normalized spacial score (nSPS) is 24.5. The Hall–Kier alpha value is 0.244. The fourth-order valence-electron chi connectivity index (χ4n) is 1.30. The molecule has 3 nitrogen and oxygen atoms in total. The number of hydrogen-bond donors (Lipinski definition) is 0. The Balaban J connectivity index is 0.00000144. The van der Waals surface area contributed by atoms with E-state index in [2.05, 4.69) is 7.05 Å². The minimum absolute atomic E-state index is 0. The van der Waals surface area contributed by atoms with E-state index in [9.17, 15) is 9.59 Å². The molecule has 71 valence electrons. The molecule has 0 aromatic heterocycles. The average Bonchev–Trinajstić information content (AvgIpc) is 2.05. The smallest absolute Gasteiger partial charge is 0.206 e. The Morgan fingerprint density at radius 3 is 1.31 bits per heavy atom. The summed E-state index contributed by atoms with van der Waals surface area (Å²) in [7, 11) is 3.43. The van der Waals surface area contributed by atoms with E-state index < -0.39 is 10.8 Å². The van der Waals surface area contributed by atoms with Gasteiger partial charge in [0.1, 0.15) is 0 Å². The maximum atomic E-state index is 11.5. The summed E-state index contributed by atoms with van der Waals surface area (Å²) >= 11 is 0. The van der Waals surface area contributed by atoms with Gasteiger partial charge >= 0.3 is 0 Å². The fourth-order valence-corrected chi connectivity index (χ4v) is 1.30. The molecule has 4 heteroatoms. The van der Waals surface area contributed by atoms with Crippen molar-refractivity contribution < 1.29 is 42.3 Å². The van der Waals surface area contributed by atoms with Crippen molar-refractivity contribution in [3.05, 3.63) is 7.05 Å². The Kier molecular flexibility index (Phi) is 3.49. The summed E-state index contributed by atoms with van der Waals surface area (Å²) in [5.41, 5.74) is -1.27. The molecule has 1 radical (unpaired) electrons. The van der Waals surface area contributed by atoms with Crippen LogP contribution in [0.4, 0.5) is 0 Å². The van der Waals surface area contributed by atoms with Gasteiger partial charge in [-0.1, -0.05) is 27.7 Å². The molecule has 0 N–H and O–H groups in total. The van der Waals surface area contributed by atoms with Gasteiger partial charge in [-0.25, -0.2) is 7.05 Å². The van der Waals surface area contributed by atoms with Gasteiger partial charge in [-0.05, 0) is 0 Å². The van der Waals surface area contributed by atoms with E-state index in [0.29, 0.717) is 0 Å². The molecular weight excluding hydrogens is 243 g/mol. The summed E-state index contributed by atoms with van der Waals surface area (Å²) in [5, 5.41) is 0. The number of amides is 2. The van der Waals surface area contributed by atoms with Crippen LogP contribution in [0.5, 0.6) is 0 Å². The summed E-state index contributed by atoms with van der Waals surface area (Å²) in [6.07, 6.45) is 0. The van der Waals surface area contributed by atoms with Crippen molar-refractivity contribution in [1.82, 2.24) is 4.90 Å². The summed E-state index contributed by atoms with van der Waals surface area (Å²) in [5.74, 6) is -0.394. The first-order valence-corrected chi connectivity index (χ1v) is 3.92. The van der Waals surface area contributed by atoms with Gasteiger partial charge in [0.15, 0.2) is 0 Å². The van der Waals surface area contributed by atoms with E-state index in [1.165, 1.54) is 0 Å². The number of likely N-dealkylation sites (tertiary alicyclic amines) is 1. The predicted molar refractivity (Wildman–Crippen MR) is 44.8 cm³/mol. The molecule has 0 aromatic carbocycles. The maximum absolute atomic E-state index is 11.5. The Bertz CT molecular complexity index is 232. The molecule has 1 saturated heterocycles. The monoisotopic (exact) mass is 257 g/mol. The van der Waals surface area contributed by atoms with Crippen LogP contribution in [0.3, 0.4) is 0 Å². The third-order valence-electron chi connectivity index (χ3n) is 3.12. The predicted octanol–water partition coefficient (Wildman–Crippen LogP) is 1.20. The minimum Gasteiger partial charge on any atom is -0.437 e. The number of hydrogen-bond acceptors (Lipinski definition) is 2. The zero-order valence-electron chi connectivity index (χ0n) is 8.55. The number of nitrogens with zero attached hydrogens (tertiary/aromatic N) is 1. The molecule has 1 aliphatic heterocycles. The number of rotatable bonds is 0. The van der Waals surface area contributed by atoms with Gasteiger partial charge in [0.2, 0.25) is 11.8 Å². The van der Waals surface area contributed by atoms with Crippen molar-refractivity contribution in [1.29, 1.82) is 0 Å². The number of carbonyl (C=O) groups excluding carboxylic acids is 2.